The second-order valence-corrected chi connectivity index (χ2v) is 25.9. The predicted molar refractivity (Wildman–Crippen MR) is 173 cm³/mol. The monoisotopic (exact) mass is 703 g/mol. The second-order valence-electron chi connectivity index (χ2n) is 11.4. The molecule has 11 heteroatoms. The van der Waals surface area contributed by atoms with Gasteiger partial charge in [-0.15, -0.1) is 0 Å². The molecule has 0 spiro atoms. The standard InChI is InChI=1S/C29H28N7O2S.3CH3.Sn/c1-3-4-9-26-30-33-29(39-19-21-12-16-23(17-13-21)28(37)38-2)36(26)18-20-10-14-22(15-11-20)24-7-5-6-8-25(24)27-31-34-35-32-27;;;;/h5-8,10-17H,3-4,9,18-19H2,1-2H3;3*1H3;/q-1;;;;+1. The van der Waals surface area contributed by atoms with Gasteiger partial charge in [0.25, 0.3) is 0 Å². The average Bonchev–Trinajstić information content (AvgIpc) is 3.67. The predicted octanol–water partition coefficient (Wildman–Crippen LogP) is 6.75. The van der Waals surface area contributed by atoms with Crippen LogP contribution < -0.4 is 0 Å². The van der Waals surface area contributed by atoms with Crippen LogP contribution in [0.2, 0.25) is 14.8 Å². The van der Waals surface area contributed by atoms with Gasteiger partial charge in [-0.25, -0.2) is 4.79 Å². The molecule has 0 N–H and O–H groups in total. The van der Waals surface area contributed by atoms with E-state index >= 15 is 0 Å². The molecule has 2 aromatic heterocycles. The summed E-state index contributed by atoms with van der Waals surface area (Å²) in [6.07, 6.45) is 3.04. The number of unbranched alkanes of at least 4 members (excludes halogenated alkanes) is 1. The first-order valence-corrected chi connectivity index (χ1v) is 25.3. The Kier molecular flexibility index (Phi) is 9.96. The van der Waals surface area contributed by atoms with E-state index < -0.39 is 18.7 Å². The van der Waals surface area contributed by atoms with Crippen LogP contribution in [0.5, 0.6) is 0 Å². The van der Waals surface area contributed by atoms with E-state index in [0.29, 0.717) is 12.1 Å². The van der Waals surface area contributed by atoms with E-state index in [0.717, 1.165) is 64.1 Å². The Morgan fingerprint density at radius 3 is 2.26 bits per heavy atom. The van der Waals surface area contributed by atoms with E-state index in [4.69, 9.17) is 4.74 Å². The molecular formula is C32H37N7O2SSn. The maximum atomic E-state index is 11.8. The number of methoxy groups -OCH3 is 1. The van der Waals surface area contributed by atoms with Crippen LogP contribution in [0.1, 0.15) is 47.1 Å². The van der Waals surface area contributed by atoms with Crippen LogP contribution in [0.25, 0.3) is 22.5 Å². The van der Waals surface area contributed by atoms with E-state index in [9.17, 15) is 4.79 Å². The number of benzene rings is 3. The quantitative estimate of drug-likeness (QED) is 0.0800. The maximum absolute atomic E-state index is 11.8. The topological polar surface area (TPSA) is 101 Å². The summed E-state index contributed by atoms with van der Waals surface area (Å²) in [6, 6.07) is 24.6. The van der Waals surface area contributed by atoms with Gasteiger partial charge in [0.1, 0.15) is 0 Å². The van der Waals surface area contributed by atoms with Crippen LogP contribution in [-0.2, 0) is 23.5 Å². The molecule has 0 saturated heterocycles. The van der Waals surface area contributed by atoms with Crippen LogP contribution in [0.4, 0.5) is 0 Å². The zero-order valence-corrected chi connectivity index (χ0v) is 29.0. The van der Waals surface area contributed by atoms with Gasteiger partial charge in [-0.05, 0) is 24.1 Å². The first-order valence-electron chi connectivity index (χ1n) is 14.5. The summed E-state index contributed by atoms with van der Waals surface area (Å²) in [7, 11) is 1.39. The van der Waals surface area contributed by atoms with Gasteiger partial charge in [0.05, 0.1) is 12.7 Å². The molecule has 0 radical (unpaired) electrons. The molecule has 5 aromatic rings. The number of rotatable bonds is 12. The molecular weight excluding hydrogens is 665 g/mol. The molecule has 222 valence electrons. The Labute approximate surface area is 261 Å². The summed E-state index contributed by atoms with van der Waals surface area (Å²) < 4.78 is 9.13. The molecule has 5 rings (SSSR count). The molecule has 0 aliphatic heterocycles. The number of carbonyl (C=O) groups excluding carboxylic acids is 1. The summed E-state index contributed by atoms with van der Waals surface area (Å²) in [6.45, 7) is 2.88. The molecule has 2 heterocycles. The van der Waals surface area contributed by atoms with E-state index in [1.165, 1.54) is 12.7 Å². The van der Waals surface area contributed by atoms with Crippen molar-refractivity contribution in [2.45, 2.75) is 58.5 Å². The Bertz CT molecular complexity index is 1680. The van der Waals surface area contributed by atoms with Gasteiger partial charge in [-0.2, -0.15) is 0 Å². The van der Waals surface area contributed by atoms with Crippen molar-refractivity contribution in [3.05, 3.63) is 95.3 Å². The van der Waals surface area contributed by atoms with Gasteiger partial charge in [-0.3, -0.25) is 0 Å². The third-order valence-electron chi connectivity index (χ3n) is 7.17. The first-order chi connectivity index (χ1) is 20.8. The van der Waals surface area contributed by atoms with Crippen molar-refractivity contribution in [1.82, 2.24) is 33.2 Å². The van der Waals surface area contributed by atoms with Gasteiger partial charge in [0.2, 0.25) is 0 Å². The minimum absolute atomic E-state index is 0.332. The molecule has 9 nitrogen and oxygen atoms in total. The van der Waals surface area contributed by atoms with Crippen LogP contribution in [0, 0.1) is 0 Å². The van der Waals surface area contributed by atoms with Crippen molar-refractivity contribution in [1.29, 1.82) is 0 Å². The Morgan fingerprint density at radius 1 is 0.884 bits per heavy atom. The fourth-order valence-electron chi connectivity index (χ4n) is 4.82. The van der Waals surface area contributed by atoms with Crippen LogP contribution >= 0.6 is 11.8 Å². The van der Waals surface area contributed by atoms with Crippen molar-refractivity contribution >= 4 is 36.4 Å². The third kappa shape index (κ3) is 7.35. The number of esters is 1. The molecule has 0 atom stereocenters. The van der Waals surface area contributed by atoms with Crippen molar-refractivity contribution in [2.24, 2.45) is 0 Å². The van der Waals surface area contributed by atoms with Gasteiger partial charge >= 0.3 is 185 Å². The summed E-state index contributed by atoms with van der Waals surface area (Å²) in [5.74, 6) is 2.23. The number of ether oxygens (including phenoxy) is 1. The number of thioether (sulfide) groups is 1. The zero-order chi connectivity index (χ0) is 30.4. The fourth-order valence-corrected chi connectivity index (χ4v) is 8.89. The number of nitrogens with zero attached hydrogens (tertiary/aromatic N) is 7. The van der Waals surface area contributed by atoms with E-state index in [-0.39, 0.29) is 5.97 Å². The molecule has 0 amide bonds. The molecule has 3 aromatic carbocycles. The first kappa shape index (κ1) is 30.9. The van der Waals surface area contributed by atoms with Crippen molar-refractivity contribution in [2.75, 3.05) is 7.11 Å². The Morgan fingerprint density at radius 2 is 1.58 bits per heavy atom. The van der Waals surface area contributed by atoms with Gasteiger partial charge in [-0.1, -0.05) is 25.5 Å². The normalized spacial score (nSPS) is 11.6. The summed E-state index contributed by atoms with van der Waals surface area (Å²) >= 11 is -0.928. The van der Waals surface area contributed by atoms with Gasteiger partial charge < -0.3 is 4.74 Å². The van der Waals surface area contributed by atoms with Gasteiger partial charge in [0.15, 0.2) is 0 Å². The zero-order valence-electron chi connectivity index (χ0n) is 25.3. The Hall–Kier alpha value is -3.51. The van der Waals surface area contributed by atoms with E-state index in [1.807, 2.05) is 18.2 Å². The fraction of sp³-hybridized carbons (Fsp3) is 0.312. The molecule has 0 unspecified atom stereocenters. The van der Waals surface area contributed by atoms with E-state index in [2.05, 4.69) is 97.4 Å². The van der Waals surface area contributed by atoms with Crippen molar-refractivity contribution in [3.63, 3.8) is 0 Å². The molecule has 0 fully saturated rings. The number of tetrazole rings is 1. The molecule has 0 aliphatic rings. The number of hydrogen-bond donors (Lipinski definition) is 0. The molecule has 0 saturated carbocycles. The summed E-state index contributed by atoms with van der Waals surface area (Å²) in [5, 5.41) is 22.8. The van der Waals surface area contributed by atoms with Crippen LogP contribution in [-0.4, -0.2) is 64.9 Å². The number of hydrogen-bond acceptors (Lipinski definition) is 8. The summed E-state index contributed by atoms with van der Waals surface area (Å²) in [5.41, 5.74) is 6.11. The third-order valence-corrected chi connectivity index (χ3v) is 12.7. The van der Waals surface area contributed by atoms with E-state index in [1.54, 1.807) is 23.9 Å². The second kappa shape index (κ2) is 13.9. The molecule has 0 bridgehead atoms. The summed E-state index contributed by atoms with van der Waals surface area (Å²) in [4.78, 5) is 18.7. The minimum atomic E-state index is -2.58. The number of aryl methyl sites for hydroxylation is 1. The van der Waals surface area contributed by atoms with Crippen molar-refractivity contribution < 1.29 is 9.53 Å². The average molecular weight is 702 g/mol. The SMILES string of the molecule is CCCCc1nnc(SCc2ccc(C(=O)OC)cc2)n1Cc1ccc(-c2ccccc2-c2nnn[n]2[Sn]([CH3])([CH3])[CH3])cc1. The van der Waals surface area contributed by atoms with Crippen molar-refractivity contribution in [3.8, 4) is 22.5 Å². The molecule has 43 heavy (non-hydrogen) atoms. The van der Waals surface area contributed by atoms with Crippen LogP contribution in [0.3, 0.4) is 0 Å². The van der Waals surface area contributed by atoms with Crippen LogP contribution in [0.15, 0.2) is 78.0 Å². The Balaban J connectivity index is 1.37. The number of aromatic nitrogens is 7. The molecule has 0 aliphatic carbocycles. The van der Waals surface area contributed by atoms with Gasteiger partial charge in [0, 0.05) is 5.75 Å². The number of carbonyl (C=O) groups is 1.